The number of hydrogen-bond donors (Lipinski definition) is 2. The molecule has 0 unspecified atom stereocenters. The topological polar surface area (TPSA) is 79.8 Å². The third kappa shape index (κ3) is 5.61. The van der Waals surface area contributed by atoms with E-state index in [0.29, 0.717) is 16.8 Å². The van der Waals surface area contributed by atoms with E-state index in [0.717, 1.165) is 27.6 Å². The van der Waals surface area contributed by atoms with E-state index in [1.807, 2.05) is 60.7 Å². The van der Waals surface area contributed by atoms with Crippen molar-refractivity contribution in [1.29, 1.82) is 0 Å². The van der Waals surface area contributed by atoms with Gasteiger partial charge in [0.05, 0.1) is 13.3 Å². The van der Waals surface area contributed by atoms with E-state index < -0.39 is 0 Å². The number of nitrogens with zero attached hydrogens (tertiary/aromatic N) is 1. The highest BCUT2D eigenvalue weighted by Gasteiger charge is 2.14. The molecule has 0 spiro atoms. The zero-order valence-corrected chi connectivity index (χ0v) is 20.8. The van der Waals surface area contributed by atoms with Gasteiger partial charge in [0.2, 0.25) is 0 Å². The Hall–Kier alpha value is -4.45. The largest absolute Gasteiger partial charge is 0.496 e. The van der Waals surface area contributed by atoms with Crippen LogP contribution in [0.15, 0.2) is 90.0 Å². The van der Waals surface area contributed by atoms with Crippen molar-refractivity contribution in [3.05, 3.63) is 107 Å². The minimum atomic E-state index is -0.347. The average Bonchev–Trinajstić information content (AvgIpc) is 2.88. The molecule has 2 amide bonds. The molecule has 0 radical (unpaired) electrons. The lowest BCUT2D eigenvalue weighted by Gasteiger charge is -2.19. The molecular weight excluding hydrogens is 450 g/mol. The smallest absolute Gasteiger partial charge is 0.271 e. The number of nitrogens with one attached hydrogen (secondary N) is 2. The molecule has 4 rings (SSSR count). The highest BCUT2D eigenvalue weighted by atomic mass is 16.5. The van der Waals surface area contributed by atoms with Crippen LogP contribution in [0.25, 0.3) is 10.8 Å². The molecule has 182 valence electrons. The summed E-state index contributed by atoms with van der Waals surface area (Å²) >= 11 is 0. The van der Waals surface area contributed by atoms with Crippen molar-refractivity contribution in [1.82, 2.24) is 5.43 Å². The number of amides is 2. The fourth-order valence-corrected chi connectivity index (χ4v) is 3.84. The van der Waals surface area contributed by atoms with Crippen LogP contribution in [0.4, 0.5) is 5.69 Å². The monoisotopic (exact) mass is 479 g/mol. The second-order valence-electron chi connectivity index (χ2n) is 9.46. The molecular formula is C30H29N3O3. The molecule has 4 aromatic rings. The van der Waals surface area contributed by atoms with Crippen molar-refractivity contribution >= 4 is 34.5 Å². The van der Waals surface area contributed by atoms with Gasteiger partial charge in [-0.25, -0.2) is 5.43 Å². The Morgan fingerprint density at radius 1 is 0.778 bits per heavy atom. The number of rotatable bonds is 6. The molecule has 0 aliphatic carbocycles. The van der Waals surface area contributed by atoms with Gasteiger partial charge in [0.25, 0.3) is 11.8 Å². The Morgan fingerprint density at radius 3 is 2.03 bits per heavy atom. The van der Waals surface area contributed by atoms with Gasteiger partial charge in [-0.3, -0.25) is 9.59 Å². The Bertz CT molecular complexity index is 1420. The van der Waals surface area contributed by atoms with Gasteiger partial charge in [0.1, 0.15) is 5.75 Å². The van der Waals surface area contributed by atoms with Crippen molar-refractivity contribution in [2.75, 3.05) is 12.4 Å². The summed E-state index contributed by atoms with van der Waals surface area (Å²) < 4.78 is 5.42. The van der Waals surface area contributed by atoms with Gasteiger partial charge in [0.15, 0.2) is 0 Å². The Labute approximate surface area is 211 Å². The van der Waals surface area contributed by atoms with E-state index >= 15 is 0 Å². The van der Waals surface area contributed by atoms with E-state index in [9.17, 15) is 9.59 Å². The number of methoxy groups -OCH3 is 1. The summed E-state index contributed by atoms with van der Waals surface area (Å²) in [5.41, 5.74) is 6.21. The molecule has 0 saturated heterocycles. The fourth-order valence-electron chi connectivity index (χ4n) is 3.84. The minimum absolute atomic E-state index is 0.0257. The third-order valence-electron chi connectivity index (χ3n) is 5.93. The summed E-state index contributed by atoms with van der Waals surface area (Å²) in [7, 11) is 1.64. The van der Waals surface area contributed by atoms with Gasteiger partial charge in [-0.15, -0.1) is 0 Å². The van der Waals surface area contributed by atoms with E-state index in [-0.39, 0.29) is 17.2 Å². The molecule has 0 fully saturated rings. The lowest BCUT2D eigenvalue weighted by atomic mass is 9.87. The van der Waals surface area contributed by atoms with Crippen molar-refractivity contribution < 1.29 is 14.3 Å². The van der Waals surface area contributed by atoms with Gasteiger partial charge in [-0.2, -0.15) is 5.10 Å². The molecule has 0 bridgehead atoms. The van der Waals surface area contributed by atoms with Gasteiger partial charge < -0.3 is 10.1 Å². The Balaban J connectivity index is 1.38. The standard InChI is InChI=1S/C30H29N3O3/c1-30(2,3)23-14-9-20(10-15-23)28(34)32-24-16-11-21(12-17-24)29(35)33-31-19-22-13-18-27(36-4)26-8-6-5-7-25(22)26/h5-19H,1-4H3,(H,32,34)(H,33,35). The van der Waals surface area contributed by atoms with Crippen molar-refractivity contribution in [2.45, 2.75) is 26.2 Å². The van der Waals surface area contributed by atoms with Gasteiger partial charge in [-0.1, -0.05) is 57.2 Å². The maximum absolute atomic E-state index is 12.6. The van der Waals surface area contributed by atoms with Crippen LogP contribution < -0.4 is 15.5 Å². The van der Waals surface area contributed by atoms with Crippen LogP contribution in [0.2, 0.25) is 0 Å². The van der Waals surface area contributed by atoms with E-state index in [2.05, 4.69) is 36.6 Å². The van der Waals surface area contributed by atoms with Crippen molar-refractivity contribution in [3.8, 4) is 5.75 Å². The van der Waals surface area contributed by atoms with Crippen LogP contribution >= 0.6 is 0 Å². The summed E-state index contributed by atoms with van der Waals surface area (Å²) in [4.78, 5) is 25.1. The molecule has 4 aromatic carbocycles. The van der Waals surface area contributed by atoms with Crippen molar-refractivity contribution in [2.24, 2.45) is 5.10 Å². The molecule has 6 nitrogen and oxygen atoms in total. The predicted octanol–water partition coefficient (Wildman–Crippen LogP) is 6.16. The lowest BCUT2D eigenvalue weighted by Crippen LogP contribution is -2.18. The van der Waals surface area contributed by atoms with E-state index in [1.54, 1.807) is 37.6 Å². The van der Waals surface area contributed by atoms with Crippen LogP contribution in [0, 0.1) is 0 Å². The lowest BCUT2D eigenvalue weighted by molar-refractivity contribution is 0.0954. The number of hydrogen-bond acceptors (Lipinski definition) is 4. The molecule has 0 heterocycles. The van der Waals surface area contributed by atoms with Crippen molar-refractivity contribution in [3.63, 3.8) is 0 Å². The summed E-state index contributed by atoms with van der Waals surface area (Å²) in [5, 5.41) is 8.93. The number of benzene rings is 4. The van der Waals surface area contributed by atoms with Gasteiger partial charge >= 0.3 is 0 Å². The van der Waals surface area contributed by atoms with E-state index in [1.165, 1.54) is 0 Å². The first-order chi connectivity index (χ1) is 17.3. The van der Waals surface area contributed by atoms with E-state index in [4.69, 9.17) is 4.74 Å². The summed E-state index contributed by atoms with van der Waals surface area (Å²) in [5.74, 6) is 0.226. The van der Waals surface area contributed by atoms with Crippen LogP contribution in [0.5, 0.6) is 5.75 Å². The summed E-state index contributed by atoms with van der Waals surface area (Å²) in [6.07, 6.45) is 1.61. The first kappa shape index (κ1) is 24.7. The maximum Gasteiger partial charge on any atom is 0.271 e. The molecule has 0 atom stereocenters. The molecule has 0 aromatic heterocycles. The molecule has 2 N–H and O–H groups in total. The Morgan fingerprint density at radius 2 is 1.39 bits per heavy atom. The zero-order valence-electron chi connectivity index (χ0n) is 20.8. The first-order valence-corrected chi connectivity index (χ1v) is 11.7. The molecule has 0 aliphatic heterocycles. The van der Waals surface area contributed by atoms with Crippen LogP contribution in [-0.2, 0) is 5.41 Å². The quantitative estimate of drug-likeness (QED) is 0.257. The highest BCUT2D eigenvalue weighted by Crippen LogP contribution is 2.27. The summed E-state index contributed by atoms with van der Waals surface area (Å²) in [6.45, 7) is 6.39. The number of hydrazone groups is 1. The van der Waals surface area contributed by atoms with Crippen LogP contribution in [-0.4, -0.2) is 25.1 Å². The molecule has 6 heteroatoms. The Kier molecular flexibility index (Phi) is 7.15. The van der Waals surface area contributed by atoms with Gasteiger partial charge in [-0.05, 0) is 64.9 Å². The average molecular weight is 480 g/mol. The highest BCUT2D eigenvalue weighted by molar-refractivity contribution is 6.05. The number of fused-ring (bicyclic) bond motifs is 1. The number of anilines is 1. The molecule has 0 aliphatic rings. The predicted molar refractivity (Wildman–Crippen MR) is 145 cm³/mol. The third-order valence-corrected chi connectivity index (χ3v) is 5.93. The number of ether oxygens (including phenoxy) is 1. The van der Waals surface area contributed by atoms with Crippen LogP contribution in [0.3, 0.4) is 0 Å². The summed E-state index contributed by atoms with van der Waals surface area (Å²) in [6, 6.07) is 25.9. The number of carbonyl (C=O) groups excluding carboxylic acids is 2. The molecule has 36 heavy (non-hydrogen) atoms. The normalized spacial score (nSPS) is 11.4. The zero-order chi connectivity index (χ0) is 25.7. The molecule has 0 saturated carbocycles. The number of carbonyl (C=O) groups is 2. The SMILES string of the molecule is COc1ccc(C=NNC(=O)c2ccc(NC(=O)c3ccc(C(C)(C)C)cc3)cc2)c2ccccc12. The van der Waals surface area contributed by atoms with Gasteiger partial charge in [0, 0.05) is 27.8 Å². The maximum atomic E-state index is 12.6. The second-order valence-corrected chi connectivity index (χ2v) is 9.46. The minimum Gasteiger partial charge on any atom is -0.496 e. The second kappa shape index (κ2) is 10.4. The van der Waals surface area contributed by atoms with Crippen LogP contribution in [0.1, 0.15) is 52.6 Å². The first-order valence-electron chi connectivity index (χ1n) is 11.7. The fraction of sp³-hybridized carbons (Fsp3) is 0.167.